The largest absolute Gasteiger partial charge is 0.367 e. The van der Waals surface area contributed by atoms with Gasteiger partial charge in [0.1, 0.15) is 0 Å². The predicted octanol–water partition coefficient (Wildman–Crippen LogP) is 0.944. The lowest BCUT2D eigenvalue weighted by atomic mass is 10.2. The first-order chi connectivity index (χ1) is 5.72. The van der Waals surface area contributed by atoms with Crippen LogP contribution in [0.2, 0.25) is 0 Å². The van der Waals surface area contributed by atoms with E-state index in [0.29, 0.717) is 12.4 Å². The van der Waals surface area contributed by atoms with Gasteiger partial charge in [0.2, 0.25) is 11.1 Å². The summed E-state index contributed by atoms with van der Waals surface area (Å²) in [5.74, 6) is 2.86. The number of nitrogens with two attached hydrogens (primary N) is 1. The number of rotatable bonds is 3. The lowest BCUT2D eigenvalue weighted by Crippen LogP contribution is -2.13. The smallest absolute Gasteiger partial charge is 0.233 e. The molecule has 0 saturated heterocycles. The Morgan fingerprint density at radius 2 is 2.58 bits per heavy atom. The zero-order chi connectivity index (χ0) is 8.97. The zero-order valence-corrected chi connectivity index (χ0v) is 7.56. The van der Waals surface area contributed by atoms with E-state index < -0.39 is 0 Å². The summed E-state index contributed by atoms with van der Waals surface area (Å²) in [7, 11) is 0. The molecule has 3 N–H and O–H groups in total. The summed E-state index contributed by atoms with van der Waals surface area (Å²) in [6.07, 6.45) is 5.81. The van der Waals surface area contributed by atoms with Gasteiger partial charge >= 0.3 is 0 Å². The number of hydrogen-bond acceptors (Lipinski definition) is 5. The van der Waals surface area contributed by atoms with E-state index in [9.17, 15) is 0 Å². The molecule has 1 aromatic heterocycles. The Kier molecular flexibility index (Phi) is 2.88. The minimum absolute atomic E-state index is 0.211. The lowest BCUT2D eigenvalue weighted by molar-refractivity contribution is 0.827. The van der Waals surface area contributed by atoms with Gasteiger partial charge in [-0.2, -0.15) is 9.36 Å². The van der Waals surface area contributed by atoms with Crippen molar-refractivity contribution in [3.8, 4) is 12.3 Å². The maximum atomic E-state index is 5.34. The molecule has 0 aromatic carbocycles. The Morgan fingerprint density at radius 1 is 1.83 bits per heavy atom. The van der Waals surface area contributed by atoms with Gasteiger partial charge < -0.3 is 11.1 Å². The molecule has 0 amide bonds. The first kappa shape index (κ1) is 8.81. The third-order valence-corrected chi connectivity index (χ3v) is 1.90. The maximum absolute atomic E-state index is 5.34. The van der Waals surface area contributed by atoms with Gasteiger partial charge in [-0.3, -0.25) is 0 Å². The van der Waals surface area contributed by atoms with E-state index in [4.69, 9.17) is 12.2 Å². The van der Waals surface area contributed by atoms with Crippen LogP contribution in [0.15, 0.2) is 0 Å². The van der Waals surface area contributed by atoms with E-state index >= 15 is 0 Å². The standard InChI is InChI=1S/C7H10N4S/c1-3-4-5(2)9-7-10-6(8)11-12-7/h1,5H,4H2,2H3,(H3,8,9,10,11). The summed E-state index contributed by atoms with van der Waals surface area (Å²) in [6, 6.07) is 0.211. The van der Waals surface area contributed by atoms with E-state index in [1.54, 1.807) is 0 Å². The third kappa shape index (κ3) is 2.40. The molecule has 0 fully saturated rings. The maximum Gasteiger partial charge on any atom is 0.233 e. The fraction of sp³-hybridized carbons (Fsp3) is 0.429. The van der Waals surface area contributed by atoms with Gasteiger partial charge in [-0.25, -0.2) is 0 Å². The third-order valence-electron chi connectivity index (χ3n) is 1.24. The highest BCUT2D eigenvalue weighted by atomic mass is 32.1. The quantitative estimate of drug-likeness (QED) is 0.683. The van der Waals surface area contributed by atoms with Crippen LogP contribution in [0.1, 0.15) is 13.3 Å². The molecule has 0 saturated carbocycles. The Labute approximate surface area is 75.4 Å². The van der Waals surface area contributed by atoms with Crippen LogP contribution in [-0.4, -0.2) is 15.4 Å². The van der Waals surface area contributed by atoms with Crippen molar-refractivity contribution in [2.75, 3.05) is 11.1 Å². The highest BCUT2D eigenvalue weighted by molar-refractivity contribution is 7.09. The summed E-state index contributed by atoms with van der Waals surface area (Å²) >= 11 is 1.24. The average molecular weight is 182 g/mol. The van der Waals surface area contributed by atoms with Crippen LogP contribution in [0.25, 0.3) is 0 Å². The van der Waals surface area contributed by atoms with Crippen LogP contribution in [0.4, 0.5) is 11.1 Å². The van der Waals surface area contributed by atoms with Crippen LogP contribution in [-0.2, 0) is 0 Å². The first-order valence-corrected chi connectivity index (χ1v) is 4.29. The second-order valence-electron chi connectivity index (χ2n) is 2.41. The van der Waals surface area contributed by atoms with Crippen molar-refractivity contribution in [2.45, 2.75) is 19.4 Å². The zero-order valence-electron chi connectivity index (χ0n) is 6.74. The first-order valence-electron chi connectivity index (χ1n) is 3.51. The molecule has 5 heteroatoms. The molecule has 1 rings (SSSR count). The number of nitrogens with zero attached hydrogens (tertiary/aromatic N) is 2. The van der Waals surface area contributed by atoms with Gasteiger partial charge in [-0.05, 0) is 6.92 Å². The number of anilines is 2. The van der Waals surface area contributed by atoms with Crippen molar-refractivity contribution >= 4 is 22.6 Å². The molecule has 4 nitrogen and oxygen atoms in total. The molecule has 0 aliphatic rings. The molecule has 0 bridgehead atoms. The number of aromatic nitrogens is 2. The van der Waals surface area contributed by atoms with Gasteiger partial charge in [0, 0.05) is 24.0 Å². The van der Waals surface area contributed by atoms with Crippen LogP contribution in [0, 0.1) is 12.3 Å². The molecule has 0 spiro atoms. The van der Waals surface area contributed by atoms with E-state index in [1.165, 1.54) is 11.5 Å². The SMILES string of the molecule is C#CCC(C)Nc1nc(N)ns1. The average Bonchev–Trinajstić information content (AvgIpc) is 2.36. The number of hydrogen-bond donors (Lipinski definition) is 2. The Morgan fingerprint density at radius 3 is 3.08 bits per heavy atom. The molecule has 1 atom stereocenters. The highest BCUT2D eigenvalue weighted by Crippen LogP contribution is 2.13. The van der Waals surface area contributed by atoms with Gasteiger partial charge in [-0.1, -0.05) is 0 Å². The topological polar surface area (TPSA) is 63.8 Å². The summed E-state index contributed by atoms with van der Waals surface area (Å²) < 4.78 is 3.82. The molecule has 12 heavy (non-hydrogen) atoms. The van der Waals surface area contributed by atoms with Crippen LogP contribution < -0.4 is 11.1 Å². The summed E-state index contributed by atoms with van der Waals surface area (Å²) in [4.78, 5) is 3.94. The molecule has 0 aliphatic carbocycles. The summed E-state index contributed by atoms with van der Waals surface area (Å²) in [5, 5.41) is 3.80. The Hall–Kier alpha value is -1.28. The molecule has 0 radical (unpaired) electrons. The molecule has 1 unspecified atom stereocenters. The number of nitrogens with one attached hydrogen (secondary N) is 1. The highest BCUT2D eigenvalue weighted by Gasteiger charge is 2.03. The minimum Gasteiger partial charge on any atom is -0.367 e. The molecule has 0 aliphatic heterocycles. The van der Waals surface area contributed by atoms with Crippen molar-refractivity contribution in [3.63, 3.8) is 0 Å². The van der Waals surface area contributed by atoms with E-state index in [0.717, 1.165) is 5.13 Å². The number of terminal acetylenes is 1. The normalized spacial score (nSPS) is 12.0. The van der Waals surface area contributed by atoms with Gasteiger partial charge in [0.05, 0.1) is 0 Å². The van der Waals surface area contributed by atoms with Crippen molar-refractivity contribution in [3.05, 3.63) is 0 Å². The summed E-state index contributed by atoms with van der Waals surface area (Å²) in [5.41, 5.74) is 5.34. The second kappa shape index (κ2) is 3.93. The number of nitrogen functional groups attached to an aromatic ring is 1. The predicted molar refractivity (Wildman–Crippen MR) is 50.9 cm³/mol. The fourth-order valence-electron chi connectivity index (χ4n) is 0.732. The van der Waals surface area contributed by atoms with E-state index in [2.05, 4.69) is 20.6 Å². The molecule has 64 valence electrons. The van der Waals surface area contributed by atoms with Crippen LogP contribution in [0.3, 0.4) is 0 Å². The molecule has 1 aromatic rings. The molecular formula is C7H10N4S. The van der Waals surface area contributed by atoms with Gasteiger partial charge in [0.15, 0.2) is 0 Å². The molecular weight excluding hydrogens is 172 g/mol. The van der Waals surface area contributed by atoms with Gasteiger partial charge in [-0.15, -0.1) is 12.3 Å². The van der Waals surface area contributed by atoms with Crippen molar-refractivity contribution in [1.82, 2.24) is 9.36 Å². The van der Waals surface area contributed by atoms with Crippen molar-refractivity contribution in [2.24, 2.45) is 0 Å². The molecule has 1 heterocycles. The van der Waals surface area contributed by atoms with Gasteiger partial charge in [0.25, 0.3) is 0 Å². The van der Waals surface area contributed by atoms with Crippen molar-refractivity contribution in [1.29, 1.82) is 0 Å². The van der Waals surface area contributed by atoms with E-state index in [1.807, 2.05) is 6.92 Å². The fourth-order valence-corrected chi connectivity index (χ4v) is 1.34. The lowest BCUT2D eigenvalue weighted by Gasteiger charge is -2.07. The monoisotopic (exact) mass is 182 g/mol. The second-order valence-corrected chi connectivity index (χ2v) is 3.16. The Balaban J connectivity index is 2.47. The van der Waals surface area contributed by atoms with Crippen LogP contribution >= 0.6 is 11.5 Å². The minimum atomic E-state index is 0.211. The Bertz CT molecular complexity index is 288. The summed E-state index contributed by atoms with van der Waals surface area (Å²) in [6.45, 7) is 1.98. The van der Waals surface area contributed by atoms with Crippen LogP contribution in [0.5, 0.6) is 0 Å². The van der Waals surface area contributed by atoms with E-state index in [-0.39, 0.29) is 6.04 Å². The van der Waals surface area contributed by atoms with Crippen molar-refractivity contribution < 1.29 is 0 Å².